The maximum absolute atomic E-state index is 5.84. The van der Waals surface area contributed by atoms with E-state index in [1.165, 1.54) is 72.4 Å². The number of allylic oxidation sites excluding steroid dienone is 8. The van der Waals surface area contributed by atoms with Gasteiger partial charge >= 0.3 is 123 Å². The first kappa shape index (κ1) is 45.2. The summed E-state index contributed by atoms with van der Waals surface area (Å²) >= 11 is 11.0. The Morgan fingerprint density at radius 3 is 1.67 bits per heavy atom. The van der Waals surface area contributed by atoms with Crippen molar-refractivity contribution in [3.05, 3.63) is 170 Å². The van der Waals surface area contributed by atoms with E-state index in [0.29, 0.717) is 5.41 Å². The molecule has 55 heavy (non-hydrogen) atoms. The summed E-state index contributed by atoms with van der Waals surface area (Å²) in [5.74, 6) is 0. The molecule has 0 fully saturated rings. The second-order valence-corrected chi connectivity index (χ2v) is 20.1. The monoisotopic (exact) mass is 884 g/mol. The van der Waals surface area contributed by atoms with Crippen molar-refractivity contribution in [2.45, 2.75) is 92.4 Å². The fourth-order valence-corrected chi connectivity index (χ4v) is 9.80. The van der Waals surface area contributed by atoms with Gasteiger partial charge in [-0.15, -0.1) is 43.7 Å². The number of halogens is 4. The zero-order valence-corrected chi connectivity index (χ0v) is 39.3. The minimum absolute atomic E-state index is 0. The van der Waals surface area contributed by atoms with E-state index < -0.39 is 22.3 Å². The molecule has 0 saturated heterocycles. The normalized spacial score (nSPS) is 16.0. The van der Waals surface area contributed by atoms with Crippen molar-refractivity contribution in [3.8, 4) is 11.1 Å². The van der Waals surface area contributed by atoms with Crippen molar-refractivity contribution in [1.29, 1.82) is 0 Å². The van der Waals surface area contributed by atoms with E-state index in [4.69, 9.17) is 23.2 Å². The third-order valence-corrected chi connectivity index (χ3v) is 13.9. The van der Waals surface area contributed by atoms with E-state index in [9.17, 15) is 0 Å². The van der Waals surface area contributed by atoms with Gasteiger partial charge in [0, 0.05) is 0 Å². The predicted molar refractivity (Wildman–Crippen MR) is 245 cm³/mol. The van der Waals surface area contributed by atoms with Crippen LogP contribution in [-0.2, 0) is 39.5 Å². The topological polar surface area (TPSA) is 0 Å². The van der Waals surface area contributed by atoms with Crippen LogP contribution >= 0.6 is 48.0 Å². The molecule has 4 aromatic rings. The first-order chi connectivity index (χ1) is 25.0. The summed E-state index contributed by atoms with van der Waals surface area (Å²) in [7, 11) is 0. The SMILES string of the molecule is CC(C)(C)C1=CC[C-]=C1.CC1=C[CH-]C(C)(C)c2cc3c(cc21)-c1cc2c(cc1C3)C(C)(C)CC=C2C.Cl.Cl.Clc1ccc([CH]=[Zr]=[CH]c2ccc(Cl)cc2)cc1. The van der Waals surface area contributed by atoms with E-state index in [2.05, 4.69) is 155 Å². The molecule has 0 N–H and O–H groups in total. The molecule has 0 amide bonds. The van der Waals surface area contributed by atoms with Crippen LogP contribution in [0.1, 0.15) is 120 Å². The van der Waals surface area contributed by atoms with Crippen molar-refractivity contribution in [3.63, 3.8) is 0 Å². The molecule has 4 aromatic carbocycles. The average molecular weight is 888 g/mol. The van der Waals surface area contributed by atoms with Crippen molar-refractivity contribution in [2.24, 2.45) is 5.41 Å². The fourth-order valence-electron chi connectivity index (χ4n) is 7.45. The standard InChI is InChI=1S/C27H29.C9H13.2C7H5Cl.2ClH.Zr/c1-16-7-9-26(3,4)24-12-18-11-19-13-25-21(17(2)8-10-27(25,5)6)15-23(19)22(18)14-20(16)24;1-9(2,3)8-6-4-5-7-8;2*1-6-2-4-7(8)5-3-6;;;/h7-9,12-15H,10-11H2,1-6H3;6-7H,4H2,1-3H3;2*1-5H;2*1H;/q2*-1;;;;;. The van der Waals surface area contributed by atoms with Gasteiger partial charge < -0.3 is 0 Å². The summed E-state index contributed by atoms with van der Waals surface area (Å²) in [4.78, 5) is 0. The molecule has 0 unspecified atom stereocenters. The van der Waals surface area contributed by atoms with Gasteiger partial charge in [-0.2, -0.15) is 17.2 Å². The van der Waals surface area contributed by atoms with Gasteiger partial charge in [0.15, 0.2) is 0 Å². The first-order valence-corrected chi connectivity index (χ1v) is 22.4. The summed E-state index contributed by atoms with van der Waals surface area (Å²) in [6, 6.07) is 25.9. The van der Waals surface area contributed by atoms with Crippen LogP contribution in [0.15, 0.2) is 103 Å². The summed E-state index contributed by atoms with van der Waals surface area (Å²) < 4.78 is 4.66. The van der Waals surface area contributed by atoms with Crippen LogP contribution in [0.25, 0.3) is 22.3 Å². The van der Waals surface area contributed by atoms with Gasteiger partial charge in [-0.1, -0.05) is 89.1 Å². The number of benzene rings is 4. The fraction of sp³-hybridized carbons (Fsp3) is 0.300. The molecule has 0 spiro atoms. The molecule has 0 atom stereocenters. The summed E-state index contributed by atoms with van der Waals surface area (Å²) in [6.45, 7) is 20.6. The Bertz CT molecular complexity index is 2080. The van der Waals surface area contributed by atoms with E-state index in [-0.39, 0.29) is 35.6 Å². The van der Waals surface area contributed by atoms with Crippen LogP contribution in [-0.4, -0.2) is 7.42 Å². The van der Waals surface area contributed by atoms with Crippen molar-refractivity contribution >= 4 is 66.6 Å². The summed E-state index contributed by atoms with van der Waals surface area (Å²) in [5.41, 5.74) is 19.2. The quantitative estimate of drug-likeness (QED) is 0.155. The molecule has 0 nitrogen and oxygen atoms in total. The Morgan fingerprint density at radius 1 is 0.691 bits per heavy atom. The predicted octanol–water partition coefficient (Wildman–Crippen LogP) is 14.9. The molecule has 0 saturated carbocycles. The molecule has 0 aliphatic heterocycles. The van der Waals surface area contributed by atoms with Crippen LogP contribution in [0.5, 0.6) is 0 Å². The molecular formula is C50H54Cl4Zr-2. The van der Waals surface area contributed by atoms with E-state index in [0.717, 1.165) is 29.3 Å². The van der Waals surface area contributed by atoms with Gasteiger partial charge in [-0.25, -0.2) is 18.6 Å². The Morgan fingerprint density at radius 2 is 1.20 bits per heavy atom. The molecule has 8 rings (SSSR count). The number of rotatable bonds is 2. The Hall–Kier alpha value is -2.51. The zero-order valence-electron chi connectivity index (χ0n) is 33.7. The molecule has 4 aliphatic rings. The van der Waals surface area contributed by atoms with Crippen molar-refractivity contribution in [2.75, 3.05) is 0 Å². The zero-order chi connectivity index (χ0) is 38.1. The molecular weight excluding hydrogens is 834 g/mol. The van der Waals surface area contributed by atoms with Crippen LogP contribution in [0, 0.1) is 17.9 Å². The molecule has 0 radical (unpaired) electrons. The average Bonchev–Trinajstić information content (AvgIpc) is 3.79. The molecule has 4 aliphatic carbocycles. The van der Waals surface area contributed by atoms with Crippen LogP contribution in [0.3, 0.4) is 0 Å². The number of hydrogen-bond donors (Lipinski definition) is 0. The van der Waals surface area contributed by atoms with Crippen LogP contribution < -0.4 is 0 Å². The Kier molecular flexibility index (Phi) is 15.1. The minimum atomic E-state index is -0.623. The summed E-state index contributed by atoms with van der Waals surface area (Å²) in [5, 5.41) is 1.57. The van der Waals surface area contributed by atoms with Gasteiger partial charge in [0.05, 0.1) is 0 Å². The summed E-state index contributed by atoms with van der Waals surface area (Å²) in [6.07, 6.45) is 17.8. The second kappa shape index (κ2) is 18.4. The van der Waals surface area contributed by atoms with Crippen LogP contribution in [0.4, 0.5) is 0 Å². The number of hydrogen-bond acceptors (Lipinski definition) is 0. The van der Waals surface area contributed by atoms with Crippen LogP contribution in [0.2, 0.25) is 10.0 Å². The van der Waals surface area contributed by atoms with Gasteiger partial charge in [0.1, 0.15) is 0 Å². The third-order valence-electron chi connectivity index (χ3n) is 10.9. The van der Waals surface area contributed by atoms with E-state index >= 15 is 0 Å². The van der Waals surface area contributed by atoms with Crippen molar-refractivity contribution in [1.82, 2.24) is 0 Å². The van der Waals surface area contributed by atoms with Gasteiger partial charge in [0.25, 0.3) is 0 Å². The van der Waals surface area contributed by atoms with Gasteiger partial charge in [-0.3, -0.25) is 6.08 Å². The van der Waals surface area contributed by atoms with E-state index in [1.807, 2.05) is 24.3 Å². The maximum atomic E-state index is 5.84. The molecule has 0 bridgehead atoms. The Balaban J connectivity index is 0.000000206. The van der Waals surface area contributed by atoms with Crippen molar-refractivity contribution < 1.29 is 22.3 Å². The van der Waals surface area contributed by atoms with E-state index in [1.54, 1.807) is 0 Å². The number of fused-ring (bicyclic) bond motifs is 5. The molecule has 5 heteroatoms. The molecule has 288 valence electrons. The second-order valence-electron chi connectivity index (χ2n) is 17.0. The first-order valence-electron chi connectivity index (χ1n) is 18.8. The molecule has 0 aromatic heterocycles. The molecule has 0 heterocycles. The van der Waals surface area contributed by atoms with Gasteiger partial charge in [0.2, 0.25) is 0 Å². The third kappa shape index (κ3) is 10.7. The van der Waals surface area contributed by atoms with Gasteiger partial charge in [-0.05, 0) is 70.2 Å². The Labute approximate surface area is 364 Å².